The molecule has 4 heterocycles. The van der Waals surface area contributed by atoms with Gasteiger partial charge in [0.25, 0.3) is 5.91 Å². The van der Waals surface area contributed by atoms with Gasteiger partial charge in [0, 0.05) is 23.9 Å². The highest BCUT2D eigenvalue weighted by Crippen LogP contribution is 2.39. The molecule has 28 heavy (non-hydrogen) atoms. The lowest BCUT2D eigenvalue weighted by Gasteiger charge is -2.40. The number of nitrogens with zero attached hydrogens (tertiary/aromatic N) is 2. The molecule has 2 aliphatic rings. The fourth-order valence-corrected chi connectivity index (χ4v) is 4.24. The predicted molar refractivity (Wildman–Crippen MR) is 103 cm³/mol. The Bertz CT molecular complexity index is 1050. The molecular formula is C21H20FN5O. The van der Waals surface area contributed by atoms with Crippen molar-refractivity contribution < 1.29 is 9.18 Å². The molecular weight excluding hydrogens is 357 g/mol. The maximum atomic E-state index is 14.1. The molecule has 1 amide bonds. The average Bonchev–Trinajstić information content (AvgIpc) is 3.20. The third-order valence-corrected chi connectivity index (χ3v) is 5.79. The maximum Gasteiger partial charge on any atom is 0.253 e. The number of aromatic amines is 1. The van der Waals surface area contributed by atoms with Crippen LogP contribution in [-0.4, -0.2) is 40.5 Å². The highest BCUT2D eigenvalue weighted by Gasteiger charge is 2.42. The van der Waals surface area contributed by atoms with E-state index in [9.17, 15) is 9.18 Å². The summed E-state index contributed by atoms with van der Waals surface area (Å²) in [5.74, 6) is -0.104. The van der Waals surface area contributed by atoms with E-state index < -0.39 is 0 Å². The van der Waals surface area contributed by atoms with Crippen LogP contribution in [0.3, 0.4) is 0 Å². The number of rotatable bonds is 2. The van der Waals surface area contributed by atoms with Gasteiger partial charge in [-0.05, 0) is 50.2 Å². The number of fused-ring (bicyclic) bond motifs is 2. The Hall–Kier alpha value is -3.06. The number of benzene rings is 1. The topological polar surface area (TPSA) is 82.7 Å². The molecule has 3 aromatic rings. The monoisotopic (exact) mass is 377 g/mol. The number of hydrogen-bond acceptors (Lipinski definition) is 4. The van der Waals surface area contributed by atoms with Gasteiger partial charge in [-0.3, -0.25) is 4.79 Å². The summed E-state index contributed by atoms with van der Waals surface area (Å²) >= 11 is 0. The molecule has 0 aliphatic carbocycles. The Labute approximate surface area is 161 Å². The van der Waals surface area contributed by atoms with Crippen molar-refractivity contribution in [1.29, 1.82) is 0 Å². The van der Waals surface area contributed by atoms with Crippen LogP contribution in [0.4, 0.5) is 4.39 Å². The highest BCUT2D eigenvalue weighted by molar-refractivity contribution is 5.98. The van der Waals surface area contributed by atoms with Gasteiger partial charge in [-0.25, -0.2) is 14.4 Å². The Morgan fingerprint density at radius 2 is 1.89 bits per heavy atom. The van der Waals surface area contributed by atoms with E-state index in [2.05, 4.69) is 25.6 Å². The number of hydrogen-bond donors (Lipinski definition) is 3. The molecule has 1 saturated heterocycles. The normalized spacial score (nSPS) is 18.0. The van der Waals surface area contributed by atoms with Crippen LogP contribution in [0, 0.1) is 5.82 Å². The van der Waals surface area contributed by atoms with Crippen LogP contribution in [0.15, 0.2) is 42.6 Å². The first-order valence-corrected chi connectivity index (χ1v) is 9.47. The summed E-state index contributed by atoms with van der Waals surface area (Å²) in [4.78, 5) is 24.7. The largest absolute Gasteiger partial charge is 0.356 e. The minimum Gasteiger partial charge on any atom is -0.356 e. The van der Waals surface area contributed by atoms with Gasteiger partial charge in [0.2, 0.25) is 0 Å². The van der Waals surface area contributed by atoms with Gasteiger partial charge in [-0.15, -0.1) is 0 Å². The van der Waals surface area contributed by atoms with Gasteiger partial charge in [-0.1, -0.05) is 12.1 Å². The SMILES string of the molecule is O=C1NCC2(CCNCC2)c2[nH]c(-c3ccnc(-c4ccccc4F)n3)cc21. The van der Waals surface area contributed by atoms with Crippen LogP contribution < -0.4 is 10.6 Å². The standard InChI is InChI=1S/C21H20FN5O/c22-15-4-2-1-3-13(15)19-24-8-5-16(27-19)17-11-14-18(26-17)21(12-25-20(14)28)6-9-23-10-7-21/h1-5,8,11,23,26H,6-7,9-10,12H2,(H,25,28). The highest BCUT2D eigenvalue weighted by atomic mass is 19.1. The summed E-state index contributed by atoms with van der Waals surface area (Å²) in [7, 11) is 0. The zero-order chi connectivity index (χ0) is 19.1. The average molecular weight is 377 g/mol. The molecule has 0 atom stereocenters. The third-order valence-electron chi connectivity index (χ3n) is 5.79. The van der Waals surface area contributed by atoms with Crippen molar-refractivity contribution in [3.8, 4) is 22.8 Å². The van der Waals surface area contributed by atoms with Gasteiger partial charge >= 0.3 is 0 Å². The fraction of sp³-hybridized carbons (Fsp3) is 0.286. The summed E-state index contributed by atoms with van der Waals surface area (Å²) in [5.41, 5.74) is 3.33. The Morgan fingerprint density at radius 3 is 2.71 bits per heavy atom. The minimum atomic E-state index is -0.363. The van der Waals surface area contributed by atoms with Gasteiger partial charge in [0.15, 0.2) is 5.82 Å². The van der Waals surface area contributed by atoms with Crippen LogP contribution >= 0.6 is 0 Å². The second kappa shape index (κ2) is 6.53. The lowest BCUT2D eigenvalue weighted by molar-refractivity contribution is 0.0913. The van der Waals surface area contributed by atoms with Crippen LogP contribution in [0.5, 0.6) is 0 Å². The summed E-state index contributed by atoms with van der Waals surface area (Å²) in [6.45, 7) is 2.49. The summed E-state index contributed by atoms with van der Waals surface area (Å²) < 4.78 is 14.1. The van der Waals surface area contributed by atoms with Gasteiger partial charge in [0.05, 0.1) is 22.5 Å². The lowest BCUT2D eigenvalue weighted by Crippen LogP contribution is -2.51. The molecule has 0 saturated carbocycles. The van der Waals surface area contributed by atoms with Crippen molar-refractivity contribution in [3.63, 3.8) is 0 Å². The second-order valence-corrected chi connectivity index (χ2v) is 7.43. The summed E-state index contributed by atoms with van der Waals surface area (Å²) in [6, 6.07) is 10.1. The van der Waals surface area contributed by atoms with Crippen molar-refractivity contribution in [2.75, 3.05) is 19.6 Å². The van der Waals surface area contributed by atoms with Crippen molar-refractivity contribution in [3.05, 3.63) is 59.7 Å². The zero-order valence-electron chi connectivity index (χ0n) is 15.3. The van der Waals surface area contributed by atoms with E-state index in [1.165, 1.54) is 6.07 Å². The number of halogens is 1. The first-order valence-electron chi connectivity index (χ1n) is 9.47. The number of piperidine rings is 1. The molecule has 142 valence electrons. The van der Waals surface area contributed by atoms with Crippen LogP contribution in [-0.2, 0) is 5.41 Å². The Morgan fingerprint density at radius 1 is 1.07 bits per heavy atom. The Kier molecular flexibility index (Phi) is 3.98. The molecule has 6 nitrogen and oxygen atoms in total. The number of nitrogens with one attached hydrogen (secondary N) is 3. The molecule has 1 aromatic carbocycles. The molecule has 5 rings (SSSR count). The quantitative estimate of drug-likeness (QED) is 0.641. The van der Waals surface area contributed by atoms with Crippen molar-refractivity contribution in [2.24, 2.45) is 0 Å². The molecule has 3 N–H and O–H groups in total. The first kappa shape index (κ1) is 17.1. The van der Waals surface area contributed by atoms with Crippen molar-refractivity contribution in [2.45, 2.75) is 18.3 Å². The molecule has 1 spiro atoms. The van der Waals surface area contributed by atoms with Crippen LogP contribution in [0.2, 0.25) is 0 Å². The molecule has 1 fully saturated rings. The molecule has 2 aliphatic heterocycles. The number of H-pyrrole nitrogens is 1. The Balaban J connectivity index is 1.59. The number of carbonyl (C=O) groups excluding carboxylic acids is 1. The number of aromatic nitrogens is 3. The summed E-state index contributed by atoms with van der Waals surface area (Å²) in [6.07, 6.45) is 3.54. The van der Waals surface area contributed by atoms with Crippen molar-refractivity contribution in [1.82, 2.24) is 25.6 Å². The van der Waals surface area contributed by atoms with Gasteiger partial charge in [0.1, 0.15) is 5.82 Å². The second-order valence-electron chi connectivity index (χ2n) is 7.43. The predicted octanol–water partition coefficient (Wildman–Crippen LogP) is 2.64. The molecule has 0 bridgehead atoms. The van der Waals surface area contributed by atoms with Gasteiger partial charge < -0.3 is 15.6 Å². The van der Waals surface area contributed by atoms with Crippen LogP contribution in [0.25, 0.3) is 22.8 Å². The van der Waals surface area contributed by atoms with E-state index in [-0.39, 0.29) is 17.1 Å². The molecule has 7 heteroatoms. The van der Waals surface area contributed by atoms with E-state index in [1.807, 2.05) is 6.07 Å². The van der Waals surface area contributed by atoms with E-state index in [1.54, 1.807) is 30.5 Å². The molecule has 0 radical (unpaired) electrons. The maximum absolute atomic E-state index is 14.1. The molecule has 0 unspecified atom stereocenters. The van der Waals surface area contributed by atoms with E-state index >= 15 is 0 Å². The zero-order valence-corrected chi connectivity index (χ0v) is 15.3. The first-order chi connectivity index (χ1) is 13.7. The van der Waals surface area contributed by atoms with E-state index in [4.69, 9.17) is 0 Å². The van der Waals surface area contributed by atoms with Crippen molar-refractivity contribution >= 4 is 5.91 Å². The smallest absolute Gasteiger partial charge is 0.253 e. The summed E-state index contributed by atoms with van der Waals surface area (Å²) in [5, 5.41) is 6.42. The molecule has 2 aromatic heterocycles. The van der Waals surface area contributed by atoms with Gasteiger partial charge in [-0.2, -0.15) is 0 Å². The van der Waals surface area contributed by atoms with E-state index in [0.29, 0.717) is 29.2 Å². The fourth-order valence-electron chi connectivity index (χ4n) is 4.24. The number of amides is 1. The van der Waals surface area contributed by atoms with Crippen LogP contribution in [0.1, 0.15) is 28.9 Å². The van der Waals surface area contributed by atoms with E-state index in [0.717, 1.165) is 37.3 Å². The third kappa shape index (κ3) is 2.70. The lowest BCUT2D eigenvalue weighted by atomic mass is 9.73. The minimum absolute atomic E-state index is 0.0648. The number of carbonyl (C=O) groups is 1.